The molecule has 16 heavy (non-hydrogen) atoms. The highest BCUT2D eigenvalue weighted by Gasteiger charge is 2.02. The van der Waals surface area contributed by atoms with E-state index >= 15 is 0 Å². The minimum absolute atomic E-state index is 0.255. The third-order valence-electron chi connectivity index (χ3n) is 2.42. The molecule has 0 spiro atoms. The van der Waals surface area contributed by atoms with Gasteiger partial charge in [-0.2, -0.15) is 0 Å². The maximum Gasteiger partial charge on any atom is 0.175 e. The summed E-state index contributed by atoms with van der Waals surface area (Å²) in [6, 6.07) is 8.91. The van der Waals surface area contributed by atoms with Gasteiger partial charge in [0.1, 0.15) is 11.3 Å². The van der Waals surface area contributed by atoms with Crippen molar-refractivity contribution in [1.29, 1.82) is 0 Å². The number of hydrogen-bond donors (Lipinski definition) is 2. The van der Waals surface area contributed by atoms with Crippen LogP contribution in [-0.4, -0.2) is 20.1 Å². The molecule has 0 aliphatic rings. The highest BCUT2D eigenvalue weighted by molar-refractivity contribution is 5.77. The fraction of sp³-hybridized carbons (Fsp3) is 0. The first-order valence-corrected chi connectivity index (χ1v) is 4.84. The number of aromatic nitrogens is 3. The number of fused-ring (bicyclic) bond motifs is 1. The topological polar surface area (TPSA) is 61.8 Å². The third-order valence-corrected chi connectivity index (χ3v) is 2.42. The fourth-order valence-electron chi connectivity index (χ4n) is 1.59. The Morgan fingerprint density at radius 2 is 1.94 bits per heavy atom. The van der Waals surface area contributed by atoms with E-state index in [9.17, 15) is 5.11 Å². The molecule has 0 atom stereocenters. The van der Waals surface area contributed by atoms with Crippen molar-refractivity contribution in [3.63, 3.8) is 0 Å². The van der Waals surface area contributed by atoms with Crippen LogP contribution in [0.15, 0.2) is 36.5 Å². The van der Waals surface area contributed by atoms with Gasteiger partial charge in [0, 0.05) is 11.8 Å². The van der Waals surface area contributed by atoms with Crippen LogP contribution in [0.1, 0.15) is 0 Å². The van der Waals surface area contributed by atoms with Gasteiger partial charge in [-0.1, -0.05) is 12.1 Å². The van der Waals surface area contributed by atoms with E-state index < -0.39 is 0 Å². The van der Waals surface area contributed by atoms with Crippen molar-refractivity contribution < 1.29 is 5.11 Å². The number of phenols is 1. The van der Waals surface area contributed by atoms with Crippen LogP contribution in [0.3, 0.4) is 0 Å². The van der Waals surface area contributed by atoms with Crippen molar-refractivity contribution >= 4 is 11.2 Å². The summed E-state index contributed by atoms with van der Waals surface area (Å²) in [5.41, 5.74) is 3.47. The number of H-pyrrole nitrogens is 1. The lowest BCUT2D eigenvalue weighted by Gasteiger charge is -2.00. The Hall–Kier alpha value is -2.36. The summed E-state index contributed by atoms with van der Waals surface area (Å²) >= 11 is 0. The van der Waals surface area contributed by atoms with Crippen LogP contribution in [0.5, 0.6) is 5.75 Å². The van der Waals surface area contributed by atoms with Gasteiger partial charge in [-0.3, -0.25) is 0 Å². The standard InChI is InChI=1S/C12H8N3O/c16-10-3-1-8(2-4-10)9-5-11-12(13-6-9)15-7-14-11/h1-6,16H,(H,13,14,15). The molecule has 3 rings (SSSR count). The van der Waals surface area contributed by atoms with E-state index in [0.717, 1.165) is 22.3 Å². The summed E-state index contributed by atoms with van der Waals surface area (Å²) in [6.07, 6.45) is 4.41. The van der Waals surface area contributed by atoms with Gasteiger partial charge in [0.05, 0.1) is 0 Å². The van der Waals surface area contributed by atoms with Crippen LogP contribution < -0.4 is 0 Å². The fourth-order valence-corrected chi connectivity index (χ4v) is 1.59. The lowest BCUT2D eigenvalue weighted by Crippen LogP contribution is -1.81. The van der Waals surface area contributed by atoms with Gasteiger partial charge in [-0.15, -0.1) is 0 Å². The molecule has 1 aromatic carbocycles. The molecule has 2 aromatic heterocycles. The molecule has 0 fully saturated rings. The van der Waals surface area contributed by atoms with E-state index in [4.69, 9.17) is 0 Å². The van der Waals surface area contributed by atoms with E-state index in [2.05, 4.69) is 21.3 Å². The van der Waals surface area contributed by atoms with Gasteiger partial charge in [-0.05, 0) is 23.8 Å². The Bertz CT molecular complexity index is 628. The second-order valence-electron chi connectivity index (χ2n) is 3.49. The first kappa shape index (κ1) is 8.91. The zero-order valence-corrected chi connectivity index (χ0v) is 8.31. The van der Waals surface area contributed by atoms with Gasteiger partial charge in [-0.25, -0.2) is 9.97 Å². The summed E-state index contributed by atoms with van der Waals surface area (Å²) in [7, 11) is 0. The van der Waals surface area contributed by atoms with Crippen LogP contribution in [0.4, 0.5) is 0 Å². The molecule has 2 heterocycles. The van der Waals surface area contributed by atoms with Crippen LogP contribution >= 0.6 is 0 Å². The molecule has 0 saturated carbocycles. The van der Waals surface area contributed by atoms with Gasteiger partial charge < -0.3 is 10.1 Å². The molecule has 0 amide bonds. The Balaban J connectivity index is 2.14. The quantitative estimate of drug-likeness (QED) is 0.646. The molecular formula is C12H8N3O. The second-order valence-corrected chi connectivity index (χ2v) is 3.49. The van der Waals surface area contributed by atoms with Gasteiger partial charge in [0.25, 0.3) is 0 Å². The molecule has 1 radical (unpaired) electrons. The molecule has 0 saturated heterocycles. The maximum atomic E-state index is 9.20. The van der Waals surface area contributed by atoms with Crippen LogP contribution in [0, 0.1) is 6.33 Å². The Labute approximate surface area is 91.6 Å². The Morgan fingerprint density at radius 1 is 1.12 bits per heavy atom. The Kier molecular flexibility index (Phi) is 1.86. The molecule has 0 aliphatic carbocycles. The lowest BCUT2D eigenvalue weighted by molar-refractivity contribution is 0.475. The number of imidazole rings is 1. The predicted molar refractivity (Wildman–Crippen MR) is 59.8 cm³/mol. The first-order valence-electron chi connectivity index (χ1n) is 4.84. The molecule has 0 aliphatic heterocycles. The zero-order valence-electron chi connectivity index (χ0n) is 8.31. The number of nitrogens with zero attached hydrogens (tertiary/aromatic N) is 2. The third kappa shape index (κ3) is 1.40. The normalized spacial score (nSPS) is 10.8. The van der Waals surface area contributed by atoms with E-state index in [1.165, 1.54) is 0 Å². The van der Waals surface area contributed by atoms with E-state index in [1.54, 1.807) is 18.3 Å². The average molecular weight is 210 g/mol. The average Bonchev–Trinajstić information content (AvgIpc) is 2.77. The van der Waals surface area contributed by atoms with Crippen molar-refractivity contribution in [3.05, 3.63) is 42.9 Å². The van der Waals surface area contributed by atoms with Crippen molar-refractivity contribution in [2.24, 2.45) is 0 Å². The SMILES string of the molecule is Oc1ccc(-c2cnc3[nH][c]nc3c2)cc1. The molecule has 3 aromatic rings. The van der Waals surface area contributed by atoms with Crippen LogP contribution in [0.2, 0.25) is 0 Å². The molecular weight excluding hydrogens is 202 g/mol. The molecule has 4 heteroatoms. The summed E-state index contributed by atoms with van der Waals surface area (Å²) in [5, 5.41) is 9.20. The molecule has 0 bridgehead atoms. The van der Waals surface area contributed by atoms with Crippen LogP contribution in [-0.2, 0) is 0 Å². The number of benzene rings is 1. The van der Waals surface area contributed by atoms with Gasteiger partial charge >= 0.3 is 0 Å². The van der Waals surface area contributed by atoms with Gasteiger partial charge in [0.2, 0.25) is 0 Å². The molecule has 4 nitrogen and oxygen atoms in total. The minimum atomic E-state index is 0.255. The molecule has 0 unspecified atom stereocenters. The summed E-state index contributed by atoms with van der Waals surface area (Å²) in [5.74, 6) is 0.255. The number of aromatic amines is 1. The van der Waals surface area contributed by atoms with Crippen molar-refractivity contribution in [2.45, 2.75) is 0 Å². The molecule has 2 N–H and O–H groups in total. The lowest BCUT2D eigenvalue weighted by atomic mass is 10.1. The summed E-state index contributed by atoms with van der Waals surface area (Å²) in [4.78, 5) is 11.1. The predicted octanol–water partition coefficient (Wildman–Crippen LogP) is 2.13. The van der Waals surface area contributed by atoms with Crippen LogP contribution in [0.25, 0.3) is 22.3 Å². The summed E-state index contributed by atoms with van der Waals surface area (Å²) in [6.45, 7) is 0. The maximum absolute atomic E-state index is 9.20. The largest absolute Gasteiger partial charge is 0.508 e. The highest BCUT2D eigenvalue weighted by atomic mass is 16.3. The van der Waals surface area contributed by atoms with E-state index in [-0.39, 0.29) is 5.75 Å². The zero-order chi connectivity index (χ0) is 11.0. The number of pyridine rings is 1. The van der Waals surface area contributed by atoms with E-state index in [0.29, 0.717) is 0 Å². The molecule has 77 valence electrons. The van der Waals surface area contributed by atoms with Crippen molar-refractivity contribution in [3.8, 4) is 16.9 Å². The summed E-state index contributed by atoms with van der Waals surface area (Å²) < 4.78 is 0. The number of aromatic hydroxyl groups is 1. The number of phenolic OH excluding ortho intramolecular Hbond substituents is 1. The minimum Gasteiger partial charge on any atom is -0.508 e. The van der Waals surface area contributed by atoms with Crippen molar-refractivity contribution in [1.82, 2.24) is 15.0 Å². The second kappa shape index (κ2) is 3.34. The first-order chi connectivity index (χ1) is 7.83. The Morgan fingerprint density at radius 3 is 2.75 bits per heavy atom. The smallest absolute Gasteiger partial charge is 0.175 e. The van der Waals surface area contributed by atoms with Gasteiger partial charge in [0.15, 0.2) is 12.0 Å². The monoisotopic (exact) mass is 210 g/mol. The number of nitrogens with one attached hydrogen (secondary N) is 1. The van der Waals surface area contributed by atoms with Crippen molar-refractivity contribution in [2.75, 3.05) is 0 Å². The highest BCUT2D eigenvalue weighted by Crippen LogP contribution is 2.22. The van der Waals surface area contributed by atoms with E-state index in [1.807, 2.05) is 18.2 Å². The number of rotatable bonds is 1. The number of hydrogen-bond acceptors (Lipinski definition) is 3.